The van der Waals surface area contributed by atoms with Crippen molar-refractivity contribution in [3.8, 4) is 0 Å². The second-order valence-electron chi connectivity index (χ2n) is 25.0. The number of piperidine rings is 1. The number of benzene rings is 4. The minimum Gasteiger partial charge on any atom is -0.378 e. The normalized spacial score (nSPS) is 15.2. The van der Waals surface area contributed by atoms with E-state index in [-0.39, 0.29) is 59.9 Å². The maximum atomic E-state index is 12.8. The molecule has 2 saturated heterocycles. The van der Waals surface area contributed by atoms with Gasteiger partial charge in [0.2, 0.25) is 0 Å². The molecule has 10 heterocycles. The topological polar surface area (TPSA) is 341 Å². The zero-order chi connectivity index (χ0) is 72.7. The number of hydrogen-bond donors (Lipinski definition) is 8. The van der Waals surface area contributed by atoms with Gasteiger partial charge >= 0.3 is 24.1 Å². The summed E-state index contributed by atoms with van der Waals surface area (Å²) >= 11 is 23.8. The molecular weight excluding hydrogens is 1410 g/mol. The summed E-state index contributed by atoms with van der Waals surface area (Å²) in [7, 11) is 2.91. The van der Waals surface area contributed by atoms with Gasteiger partial charge in [-0.2, -0.15) is 20.4 Å². The number of urea groups is 4. The summed E-state index contributed by atoms with van der Waals surface area (Å²) in [4.78, 5) is 116. The van der Waals surface area contributed by atoms with E-state index in [0.29, 0.717) is 170 Å². The number of H-pyrrole nitrogens is 4. The molecule has 2 fully saturated rings. The first kappa shape index (κ1) is 74.2. The number of Topliss-reactive ketones (excluding diaryl/α,β-unsaturated/α-hetero) is 1. The first-order valence-corrected chi connectivity index (χ1v) is 35.3. The molecule has 8 aromatic rings. The monoisotopic (exact) mass is 1490 g/mol. The number of fused-ring (bicyclic) bond motifs is 4. The third-order valence-electron chi connectivity index (χ3n) is 18.0. The Morgan fingerprint density at radius 1 is 0.447 bits per heavy atom. The van der Waals surface area contributed by atoms with E-state index in [1.165, 1.54) is 20.6 Å². The Hall–Kier alpha value is -10.0. The zero-order valence-electron chi connectivity index (χ0n) is 57.0. The Morgan fingerprint density at radius 3 is 1.11 bits per heavy atom. The molecule has 0 aliphatic carbocycles. The number of rotatable bonds is 11. The Kier molecular flexibility index (Phi) is 25.0. The number of hydrogen-bond acceptors (Lipinski definition) is 14. The third-order valence-corrected chi connectivity index (χ3v) is 19.0. The van der Waals surface area contributed by atoms with Crippen molar-refractivity contribution in [2.45, 2.75) is 90.9 Å². The minimum absolute atomic E-state index is 0.0205. The van der Waals surface area contributed by atoms with Gasteiger partial charge in [-0.3, -0.25) is 44.4 Å². The predicted octanol–water partition coefficient (Wildman–Crippen LogP) is 11.3. The number of ketones is 1. The van der Waals surface area contributed by atoms with Gasteiger partial charge in [-0.15, -0.1) is 0 Å². The molecule has 4 aromatic heterocycles. The van der Waals surface area contributed by atoms with Crippen LogP contribution in [0.5, 0.6) is 0 Å². The van der Waals surface area contributed by atoms with Crippen LogP contribution < -0.4 is 21.3 Å². The SMILES string of the molecule is CCCC(=O)c1n[nH]c2c1CN(C(=O)Nc1cccc(Cl)c1)CC2.CON(C)C(=O)c1n[nH]c2c1CN(C(=O)Nc1cccc(Cl)c1)CC2.O=C(Nc1cccc(Cl)c1)N1CCc2[nH]nc(C(=O)N3CCCCC3)c2C1.O=C(Nc1cccc(Cl)c1)N1CCc2[nH]nc(C(=O)N3CCOCC3)c2C1. The van der Waals surface area contributed by atoms with Gasteiger partial charge in [0.1, 0.15) is 5.69 Å². The smallest absolute Gasteiger partial charge is 0.322 e. The van der Waals surface area contributed by atoms with Crippen LogP contribution in [0.4, 0.5) is 41.9 Å². The van der Waals surface area contributed by atoms with Crippen LogP contribution in [0.1, 0.15) is 126 Å². The van der Waals surface area contributed by atoms with Crippen molar-refractivity contribution in [1.82, 2.24) is 75.3 Å². The number of hydroxylamine groups is 2. The molecular formula is C70H79Cl4N19O10. The van der Waals surface area contributed by atoms with Crippen LogP contribution >= 0.6 is 46.4 Å². The van der Waals surface area contributed by atoms with Crippen LogP contribution in [0.15, 0.2) is 97.1 Å². The second-order valence-corrected chi connectivity index (χ2v) is 26.7. The molecule has 4 aromatic carbocycles. The van der Waals surface area contributed by atoms with Crippen LogP contribution in [0.3, 0.4) is 0 Å². The number of carbonyl (C=O) groups excluding carboxylic acids is 8. The van der Waals surface area contributed by atoms with E-state index in [1.54, 1.807) is 122 Å². The number of likely N-dealkylation sites (tertiary alicyclic amines) is 1. The second kappa shape index (κ2) is 34.8. The quantitative estimate of drug-likeness (QED) is 0.0441. The Bertz CT molecular complexity index is 4250. The third kappa shape index (κ3) is 18.8. The molecule has 6 aliphatic rings. The number of aromatic nitrogens is 8. The van der Waals surface area contributed by atoms with Crippen molar-refractivity contribution in [3.63, 3.8) is 0 Å². The van der Waals surface area contributed by atoms with Crippen molar-refractivity contribution in [3.05, 3.63) is 185 Å². The molecule has 0 bridgehead atoms. The van der Waals surface area contributed by atoms with Gasteiger partial charge < -0.3 is 55.4 Å². The summed E-state index contributed by atoms with van der Waals surface area (Å²) < 4.78 is 5.30. The summed E-state index contributed by atoms with van der Waals surface area (Å²) in [5.74, 6) is -0.499. The first-order chi connectivity index (χ1) is 49.8. The number of morpholine rings is 1. The zero-order valence-corrected chi connectivity index (χ0v) is 60.0. The van der Waals surface area contributed by atoms with E-state index in [0.717, 1.165) is 76.9 Å². The maximum absolute atomic E-state index is 12.8. The summed E-state index contributed by atoms with van der Waals surface area (Å²) in [6.07, 6.45) is 7.00. The molecule has 0 saturated carbocycles. The standard InChI is InChI=1S/C19H22ClN5O2.C18H20ClN5O3.C17H19ClN4O2.C16H18ClN5O3/c20-13-5-4-6-14(11-13)21-19(27)25-10-7-16-15(12-25)17(23-22-16)18(26)24-8-2-1-3-9-24;19-12-2-1-3-13(10-12)20-18(26)24-5-4-15-14(11-24)16(22-21-15)17(25)23-6-8-27-9-7-23;1-2-4-15(23)16-13-10-22(8-7-14(13)20-21-16)17(24)19-12-6-3-5-11(18)9-12;1-21(25-2)15(23)14-12-9-22(7-6-13(12)19-20-14)16(24)18-11-5-3-4-10(17)8-11/h4-6,11H,1-3,7-10,12H2,(H,21,27)(H,22,23);1-3,10H,4-9,11H2,(H,20,26)(H,21,22);3,5-6,9H,2,4,7-8,10H2,1H3,(H,19,24)(H,20,21);3-5,8H,6-7,9H2,1-2H3,(H,18,24)(H,19,20). The van der Waals surface area contributed by atoms with Crippen molar-refractivity contribution < 1.29 is 47.9 Å². The largest absolute Gasteiger partial charge is 0.378 e. The number of aromatic amines is 4. The van der Waals surface area contributed by atoms with E-state index in [1.807, 2.05) is 11.8 Å². The number of nitrogens with zero attached hydrogens (tertiary/aromatic N) is 11. The average molecular weight is 1490 g/mol. The van der Waals surface area contributed by atoms with E-state index < -0.39 is 0 Å². The molecule has 6 aliphatic heterocycles. The number of amides is 11. The molecule has 103 heavy (non-hydrogen) atoms. The Labute approximate surface area is 613 Å². The highest BCUT2D eigenvalue weighted by molar-refractivity contribution is 6.32. The number of carbonyl (C=O) groups is 8. The van der Waals surface area contributed by atoms with E-state index in [2.05, 4.69) is 62.1 Å². The van der Waals surface area contributed by atoms with E-state index >= 15 is 0 Å². The van der Waals surface area contributed by atoms with Gasteiger partial charge in [-0.05, 0) is 98.5 Å². The minimum atomic E-state index is -0.364. The highest BCUT2D eigenvalue weighted by atomic mass is 35.5. The summed E-state index contributed by atoms with van der Waals surface area (Å²) in [5.41, 5.74) is 11.0. The van der Waals surface area contributed by atoms with Gasteiger partial charge in [0, 0.05) is 179 Å². The van der Waals surface area contributed by atoms with E-state index in [4.69, 9.17) is 56.0 Å². The molecule has 0 spiro atoms. The van der Waals surface area contributed by atoms with Gasteiger partial charge in [0.15, 0.2) is 22.9 Å². The molecule has 14 rings (SSSR count). The fourth-order valence-electron chi connectivity index (χ4n) is 12.5. The predicted molar refractivity (Wildman–Crippen MR) is 388 cm³/mol. The maximum Gasteiger partial charge on any atom is 0.322 e. The van der Waals surface area contributed by atoms with Gasteiger partial charge in [0.25, 0.3) is 17.7 Å². The van der Waals surface area contributed by atoms with Crippen LogP contribution in [-0.2, 0) is 61.4 Å². The van der Waals surface area contributed by atoms with Crippen LogP contribution in [0.25, 0.3) is 0 Å². The van der Waals surface area contributed by atoms with Crippen molar-refractivity contribution in [2.75, 3.05) is 101 Å². The van der Waals surface area contributed by atoms with Gasteiger partial charge in [-0.25, -0.2) is 24.2 Å². The lowest BCUT2D eigenvalue weighted by Gasteiger charge is -2.29. The number of anilines is 4. The van der Waals surface area contributed by atoms with Crippen molar-refractivity contribution >= 4 is 117 Å². The fraction of sp³-hybridized carbons (Fsp3) is 0.371. The highest BCUT2D eigenvalue weighted by Gasteiger charge is 2.35. The van der Waals surface area contributed by atoms with Crippen molar-refractivity contribution in [1.29, 1.82) is 0 Å². The molecule has 0 radical (unpaired) electrons. The average Bonchev–Trinajstić information content (AvgIpc) is 1.71. The van der Waals surface area contributed by atoms with Gasteiger partial charge in [-0.1, -0.05) is 77.6 Å². The number of ether oxygens (including phenoxy) is 1. The lowest BCUT2D eigenvalue weighted by molar-refractivity contribution is -0.0761. The van der Waals surface area contributed by atoms with Crippen LogP contribution in [0, 0.1) is 0 Å². The molecule has 33 heteroatoms. The summed E-state index contributed by atoms with van der Waals surface area (Å²) in [6.45, 7) is 9.28. The summed E-state index contributed by atoms with van der Waals surface area (Å²) in [5, 5.41) is 43.2. The highest BCUT2D eigenvalue weighted by Crippen LogP contribution is 2.29. The van der Waals surface area contributed by atoms with E-state index in [9.17, 15) is 38.4 Å². The molecule has 11 amide bonds. The lowest BCUT2D eigenvalue weighted by atomic mass is 10.0. The molecule has 542 valence electrons. The van der Waals surface area contributed by atoms with Crippen LogP contribution in [0.2, 0.25) is 20.1 Å². The number of halogens is 4. The lowest BCUT2D eigenvalue weighted by Crippen LogP contribution is -2.42. The van der Waals surface area contributed by atoms with Crippen molar-refractivity contribution in [2.24, 2.45) is 0 Å². The Balaban J connectivity index is 0.000000138. The first-order valence-electron chi connectivity index (χ1n) is 33.8. The molecule has 29 nitrogen and oxygen atoms in total. The molecule has 0 atom stereocenters. The molecule has 8 N–H and O–H groups in total. The van der Waals surface area contributed by atoms with Crippen LogP contribution in [-0.4, -0.2) is 203 Å². The molecule has 0 unspecified atom stereocenters. The van der Waals surface area contributed by atoms with Gasteiger partial charge in [0.05, 0.1) is 46.5 Å². The fourth-order valence-corrected chi connectivity index (χ4v) is 13.2. The summed E-state index contributed by atoms with van der Waals surface area (Å²) in [6, 6.07) is 27.1. The number of nitrogens with one attached hydrogen (secondary N) is 8. The Morgan fingerprint density at radius 2 is 0.767 bits per heavy atom.